The summed E-state index contributed by atoms with van der Waals surface area (Å²) in [7, 11) is -3.83. The number of amides is 1. The number of non-ortho nitro benzene ring substituents is 1. The highest BCUT2D eigenvalue weighted by Gasteiger charge is 2.23. The molecule has 8 nitrogen and oxygen atoms in total. The molecule has 30 heavy (non-hydrogen) atoms. The predicted octanol–water partition coefficient (Wildman–Crippen LogP) is 3.54. The summed E-state index contributed by atoms with van der Waals surface area (Å²) < 4.78 is 25.3. The molecule has 0 saturated heterocycles. The minimum atomic E-state index is -3.83. The van der Waals surface area contributed by atoms with Crippen LogP contribution in [0.1, 0.15) is 44.9 Å². The maximum absolute atomic E-state index is 12.6. The minimum absolute atomic E-state index is 0.0132. The first-order valence-corrected chi connectivity index (χ1v) is 11.3. The molecule has 2 aromatic carbocycles. The Hall–Kier alpha value is -2.94. The summed E-state index contributed by atoms with van der Waals surface area (Å²) in [5, 5.41) is 13.8. The smallest absolute Gasteiger partial charge is 0.271 e. The third-order valence-electron chi connectivity index (χ3n) is 4.67. The standard InChI is InChI=1S/C21H27N3O5S/c1-15(16-9-11-17(12-10-16)21(2,3)4)22-20(25)14-23(30(5,28)29)18-7-6-8-19(13-18)24(26)27/h6-13,15H,14H2,1-5H3,(H,22,25)/t15-/m0/s1. The maximum Gasteiger partial charge on any atom is 0.271 e. The molecule has 9 heteroatoms. The number of carbonyl (C=O) groups excluding carboxylic acids is 1. The Morgan fingerprint density at radius 2 is 1.77 bits per heavy atom. The van der Waals surface area contributed by atoms with Crippen LogP contribution in [0.2, 0.25) is 0 Å². The topological polar surface area (TPSA) is 110 Å². The lowest BCUT2D eigenvalue weighted by Crippen LogP contribution is -2.41. The van der Waals surface area contributed by atoms with E-state index < -0.39 is 27.4 Å². The van der Waals surface area contributed by atoms with E-state index in [1.54, 1.807) is 0 Å². The van der Waals surface area contributed by atoms with E-state index in [-0.39, 0.29) is 22.8 Å². The van der Waals surface area contributed by atoms with Gasteiger partial charge in [0.1, 0.15) is 6.54 Å². The van der Waals surface area contributed by atoms with Crippen molar-refractivity contribution < 1.29 is 18.1 Å². The fourth-order valence-electron chi connectivity index (χ4n) is 2.93. The van der Waals surface area contributed by atoms with Crippen molar-refractivity contribution >= 4 is 27.3 Å². The summed E-state index contributed by atoms with van der Waals surface area (Å²) in [4.78, 5) is 22.9. The summed E-state index contributed by atoms with van der Waals surface area (Å²) in [6.45, 7) is 7.66. The number of carbonyl (C=O) groups is 1. The zero-order valence-electron chi connectivity index (χ0n) is 17.7. The number of nitro benzene ring substituents is 1. The fraction of sp³-hybridized carbons (Fsp3) is 0.381. The van der Waals surface area contributed by atoms with Gasteiger partial charge in [0, 0.05) is 12.1 Å². The van der Waals surface area contributed by atoms with Crippen LogP contribution in [0.3, 0.4) is 0 Å². The maximum atomic E-state index is 12.6. The van der Waals surface area contributed by atoms with Crippen molar-refractivity contribution in [2.24, 2.45) is 0 Å². The molecule has 0 saturated carbocycles. The second-order valence-corrected chi connectivity index (χ2v) is 10.1. The first-order valence-electron chi connectivity index (χ1n) is 9.41. The van der Waals surface area contributed by atoms with Crippen molar-refractivity contribution in [3.63, 3.8) is 0 Å². The van der Waals surface area contributed by atoms with Gasteiger partial charge < -0.3 is 5.32 Å². The molecule has 0 unspecified atom stereocenters. The Balaban J connectivity index is 2.17. The van der Waals surface area contributed by atoms with Crippen molar-refractivity contribution in [1.29, 1.82) is 0 Å². The third kappa shape index (κ3) is 6.03. The molecule has 1 atom stereocenters. The summed E-state index contributed by atoms with van der Waals surface area (Å²) in [6.07, 6.45) is 0.952. The van der Waals surface area contributed by atoms with E-state index in [1.165, 1.54) is 23.8 Å². The lowest BCUT2D eigenvalue weighted by atomic mass is 9.86. The molecule has 0 aliphatic heterocycles. The summed E-state index contributed by atoms with van der Waals surface area (Å²) in [5.41, 5.74) is 1.87. The van der Waals surface area contributed by atoms with Crippen LogP contribution in [-0.4, -0.2) is 32.0 Å². The number of hydrogen-bond acceptors (Lipinski definition) is 5. The molecule has 2 aromatic rings. The van der Waals surface area contributed by atoms with Crippen LogP contribution in [-0.2, 0) is 20.2 Å². The van der Waals surface area contributed by atoms with Crippen molar-refractivity contribution in [2.75, 3.05) is 17.1 Å². The number of rotatable bonds is 7. The van der Waals surface area contributed by atoms with Crippen molar-refractivity contribution in [2.45, 2.75) is 39.2 Å². The zero-order chi connectivity index (χ0) is 22.7. The van der Waals surface area contributed by atoms with Gasteiger partial charge in [-0.25, -0.2) is 8.42 Å². The van der Waals surface area contributed by atoms with E-state index in [0.29, 0.717) is 0 Å². The van der Waals surface area contributed by atoms with Crippen molar-refractivity contribution in [1.82, 2.24) is 5.32 Å². The second-order valence-electron chi connectivity index (χ2n) is 8.21. The van der Waals surface area contributed by atoms with Crippen molar-refractivity contribution in [3.05, 3.63) is 69.8 Å². The molecule has 0 spiro atoms. The van der Waals surface area contributed by atoms with E-state index in [9.17, 15) is 23.3 Å². The number of nitro groups is 1. The Morgan fingerprint density at radius 1 is 1.17 bits per heavy atom. The Morgan fingerprint density at radius 3 is 2.27 bits per heavy atom. The summed E-state index contributed by atoms with van der Waals surface area (Å²) in [5.74, 6) is -0.515. The van der Waals surface area contributed by atoms with Crippen LogP contribution in [0.25, 0.3) is 0 Å². The van der Waals surface area contributed by atoms with Crippen LogP contribution < -0.4 is 9.62 Å². The highest BCUT2D eigenvalue weighted by Crippen LogP contribution is 2.25. The molecule has 2 rings (SSSR count). The Bertz CT molecular complexity index is 1030. The number of sulfonamides is 1. The SMILES string of the molecule is C[C@H](NC(=O)CN(c1cccc([N+](=O)[O-])c1)S(C)(=O)=O)c1ccc(C(C)(C)C)cc1. The van der Waals surface area contributed by atoms with E-state index >= 15 is 0 Å². The van der Waals surface area contributed by atoms with E-state index in [0.717, 1.165) is 22.2 Å². The second kappa shape index (κ2) is 8.83. The van der Waals surface area contributed by atoms with Crippen molar-refractivity contribution in [3.8, 4) is 0 Å². The summed E-state index contributed by atoms with van der Waals surface area (Å²) >= 11 is 0. The molecule has 0 heterocycles. The highest BCUT2D eigenvalue weighted by atomic mass is 32.2. The molecular formula is C21H27N3O5S. The molecule has 0 fully saturated rings. The number of nitrogens with one attached hydrogen (secondary N) is 1. The average molecular weight is 434 g/mol. The van der Waals surface area contributed by atoms with Gasteiger partial charge in [0.05, 0.1) is 22.9 Å². The minimum Gasteiger partial charge on any atom is -0.348 e. The van der Waals surface area contributed by atoms with Gasteiger partial charge in [-0.3, -0.25) is 19.2 Å². The molecule has 0 aromatic heterocycles. The van der Waals surface area contributed by atoms with Gasteiger partial charge in [0.2, 0.25) is 15.9 Å². The van der Waals surface area contributed by atoms with Gasteiger partial charge in [0.15, 0.2) is 0 Å². The van der Waals surface area contributed by atoms with Gasteiger partial charge in [-0.05, 0) is 29.5 Å². The van der Waals surface area contributed by atoms with E-state index in [2.05, 4.69) is 26.1 Å². The quantitative estimate of drug-likeness (QED) is 0.530. The fourth-order valence-corrected chi connectivity index (χ4v) is 3.78. The molecule has 162 valence electrons. The predicted molar refractivity (Wildman–Crippen MR) is 117 cm³/mol. The van der Waals surface area contributed by atoms with Gasteiger partial charge >= 0.3 is 0 Å². The first kappa shape index (κ1) is 23.3. The Labute approximate surface area is 177 Å². The van der Waals surface area contributed by atoms with E-state index in [4.69, 9.17) is 0 Å². The van der Waals surface area contributed by atoms with Crippen LogP contribution in [0, 0.1) is 10.1 Å². The van der Waals surface area contributed by atoms with Crippen LogP contribution in [0.5, 0.6) is 0 Å². The number of hydrogen-bond donors (Lipinski definition) is 1. The largest absolute Gasteiger partial charge is 0.348 e. The molecule has 0 aliphatic carbocycles. The highest BCUT2D eigenvalue weighted by molar-refractivity contribution is 7.92. The van der Waals surface area contributed by atoms with E-state index in [1.807, 2.05) is 31.2 Å². The third-order valence-corrected chi connectivity index (χ3v) is 5.81. The monoisotopic (exact) mass is 433 g/mol. The molecule has 0 bridgehead atoms. The average Bonchev–Trinajstić information content (AvgIpc) is 2.64. The number of nitrogens with zero attached hydrogens (tertiary/aromatic N) is 2. The summed E-state index contributed by atoms with van der Waals surface area (Å²) in [6, 6.07) is 12.7. The van der Waals surface area contributed by atoms with Gasteiger partial charge in [-0.1, -0.05) is 51.1 Å². The first-order chi connectivity index (χ1) is 13.8. The number of anilines is 1. The number of benzene rings is 2. The molecular weight excluding hydrogens is 406 g/mol. The van der Waals surface area contributed by atoms with Gasteiger partial charge in [-0.2, -0.15) is 0 Å². The zero-order valence-corrected chi connectivity index (χ0v) is 18.6. The Kier molecular flexibility index (Phi) is 6.87. The lowest BCUT2D eigenvalue weighted by molar-refractivity contribution is -0.384. The van der Waals surface area contributed by atoms with Crippen LogP contribution >= 0.6 is 0 Å². The van der Waals surface area contributed by atoms with Crippen LogP contribution in [0.4, 0.5) is 11.4 Å². The molecule has 0 aliphatic rings. The van der Waals surface area contributed by atoms with Gasteiger partial charge in [0.25, 0.3) is 5.69 Å². The van der Waals surface area contributed by atoms with Gasteiger partial charge in [-0.15, -0.1) is 0 Å². The lowest BCUT2D eigenvalue weighted by Gasteiger charge is -2.24. The van der Waals surface area contributed by atoms with Crippen LogP contribution in [0.15, 0.2) is 48.5 Å². The normalized spacial score (nSPS) is 12.8. The molecule has 0 radical (unpaired) electrons. The molecule has 1 amide bonds. The molecule has 1 N–H and O–H groups in total.